The van der Waals surface area contributed by atoms with Crippen LogP contribution in [-0.2, 0) is 4.79 Å². The minimum atomic E-state index is -0.728. The number of fused-ring (bicyclic) bond motifs is 1. The molecule has 2 N–H and O–H groups in total. The Morgan fingerprint density at radius 3 is 2.62 bits per heavy atom. The van der Waals surface area contributed by atoms with Gasteiger partial charge in [-0.1, -0.05) is 11.6 Å². The molecule has 0 aliphatic carbocycles. The Labute approximate surface area is 152 Å². The highest BCUT2D eigenvalue weighted by molar-refractivity contribution is 6.07. The molecular weight excluding hydrogens is 330 g/mol. The number of piperidine rings is 1. The summed E-state index contributed by atoms with van der Waals surface area (Å²) in [7, 11) is 3.71. The first kappa shape index (κ1) is 16.6. The van der Waals surface area contributed by atoms with Gasteiger partial charge in [0.25, 0.3) is 11.8 Å². The average molecular weight is 353 g/mol. The maximum absolute atomic E-state index is 12.9. The quantitative estimate of drug-likeness (QED) is 0.815. The van der Waals surface area contributed by atoms with Crippen LogP contribution in [0.1, 0.15) is 28.9 Å². The molecule has 4 rings (SSSR count). The summed E-state index contributed by atoms with van der Waals surface area (Å²) < 4.78 is 0. The lowest BCUT2D eigenvalue weighted by atomic mass is 9.88. The molecule has 1 spiro atoms. The molecule has 1 fully saturated rings. The number of hydrogen-bond donors (Lipinski definition) is 2. The van der Waals surface area contributed by atoms with E-state index in [1.165, 1.54) is 0 Å². The van der Waals surface area contributed by atoms with Gasteiger partial charge in [0.2, 0.25) is 5.96 Å². The second-order valence-electron chi connectivity index (χ2n) is 7.38. The topological polar surface area (TPSA) is 80.8 Å². The van der Waals surface area contributed by atoms with Gasteiger partial charge >= 0.3 is 0 Å². The predicted molar refractivity (Wildman–Crippen MR) is 100 cm³/mol. The number of nitrogens with zero attached hydrogens (tertiary/aromatic N) is 3. The number of rotatable bonds is 1. The second kappa shape index (κ2) is 5.86. The fraction of sp³-hybridized carbons (Fsp3) is 0.421. The lowest BCUT2D eigenvalue weighted by molar-refractivity contribution is -0.125. The summed E-state index contributed by atoms with van der Waals surface area (Å²) in [6, 6.07) is 7.98. The number of benzene rings is 1. The number of likely N-dealkylation sites (tertiary alicyclic amines) is 1. The first-order chi connectivity index (χ1) is 12.4. The molecular formula is C19H23N5O2. The zero-order chi connectivity index (χ0) is 18.5. The number of aromatic amines is 1. The van der Waals surface area contributed by atoms with E-state index in [4.69, 9.17) is 0 Å². The van der Waals surface area contributed by atoms with Crippen molar-refractivity contribution in [1.29, 1.82) is 0 Å². The summed E-state index contributed by atoms with van der Waals surface area (Å²) in [6.07, 6.45) is 1.09. The summed E-state index contributed by atoms with van der Waals surface area (Å²) >= 11 is 0. The van der Waals surface area contributed by atoms with Gasteiger partial charge in [-0.05, 0) is 38.0 Å². The van der Waals surface area contributed by atoms with Crippen molar-refractivity contribution >= 4 is 28.7 Å². The molecule has 7 heteroatoms. The Morgan fingerprint density at radius 2 is 1.96 bits per heavy atom. The van der Waals surface area contributed by atoms with Crippen LogP contribution in [0.4, 0.5) is 0 Å². The molecule has 1 aromatic heterocycles. The number of carbonyl (C=O) groups excluding carboxylic acids is 2. The van der Waals surface area contributed by atoms with Crippen molar-refractivity contribution in [2.75, 3.05) is 27.2 Å². The van der Waals surface area contributed by atoms with Crippen LogP contribution in [0, 0.1) is 6.92 Å². The lowest BCUT2D eigenvalue weighted by Crippen LogP contribution is -2.50. The number of aliphatic imine (C=N–C) groups is 1. The van der Waals surface area contributed by atoms with Crippen molar-refractivity contribution in [1.82, 2.24) is 20.1 Å². The molecule has 2 aliphatic heterocycles. The Morgan fingerprint density at radius 1 is 1.23 bits per heavy atom. The summed E-state index contributed by atoms with van der Waals surface area (Å²) in [5.74, 6) is 0.513. The monoisotopic (exact) mass is 353 g/mol. The highest BCUT2D eigenvalue weighted by atomic mass is 16.2. The van der Waals surface area contributed by atoms with E-state index in [1.807, 2.05) is 39.2 Å². The Kier molecular flexibility index (Phi) is 3.75. The summed E-state index contributed by atoms with van der Waals surface area (Å²) in [6.45, 7) is 3.07. The van der Waals surface area contributed by atoms with E-state index in [2.05, 4.69) is 21.4 Å². The zero-order valence-electron chi connectivity index (χ0n) is 15.3. The van der Waals surface area contributed by atoms with Gasteiger partial charge in [-0.2, -0.15) is 0 Å². The SMILES string of the molecule is Cc1ccc2[nH]c(C(=O)N3CCC4(CC3)N=C(N(C)C)NC4=O)cc2c1. The van der Waals surface area contributed by atoms with Crippen LogP contribution >= 0.6 is 0 Å². The molecule has 136 valence electrons. The summed E-state index contributed by atoms with van der Waals surface area (Å²) in [4.78, 5) is 36.7. The van der Waals surface area contributed by atoms with Gasteiger partial charge in [-0.15, -0.1) is 0 Å². The summed E-state index contributed by atoms with van der Waals surface area (Å²) in [5.41, 5.74) is 1.99. The molecule has 7 nitrogen and oxygen atoms in total. The molecule has 2 amide bonds. The third-order valence-corrected chi connectivity index (χ3v) is 5.28. The predicted octanol–water partition coefficient (Wildman–Crippen LogP) is 1.50. The minimum Gasteiger partial charge on any atom is -0.351 e. The molecule has 26 heavy (non-hydrogen) atoms. The molecule has 3 heterocycles. The van der Waals surface area contributed by atoms with E-state index < -0.39 is 5.54 Å². The van der Waals surface area contributed by atoms with Gasteiger partial charge in [-0.25, -0.2) is 4.99 Å². The van der Waals surface area contributed by atoms with E-state index in [-0.39, 0.29) is 11.8 Å². The fourth-order valence-electron chi connectivity index (χ4n) is 3.67. The van der Waals surface area contributed by atoms with Gasteiger partial charge in [0.15, 0.2) is 0 Å². The van der Waals surface area contributed by atoms with Gasteiger partial charge in [0.05, 0.1) is 0 Å². The molecule has 1 saturated heterocycles. The van der Waals surface area contributed by atoms with E-state index >= 15 is 0 Å². The largest absolute Gasteiger partial charge is 0.351 e. The van der Waals surface area contributed by atoms with Crippen molar-refractivity contribution in [2.24, 2.45) is 4.99 Å². The van der Waals surface area contributed by atoms with Crippen LogP contribution < -0.4 is 5.32 Å². The summed E-state index contributed by atoms with van der Waals surface area (Å²) in [5, 5.41) is 3.88. The van der Waals surface area contributed by atoms with E-state index in [0.29, 0.717) is 37.6 Å². The first-order valence-electron chi connectivity index (χ1n) is 8.85. The standard InChI is InChI=1S/C19H23N5O2/c1-12-4-5-14-13(10-12)11-15(20-14)16(25)24-8-6-19(7-9-24)17(26)21-18(22-19)23(2)3/h4-5,10-11,20H,6-9H2,1-3H3,(H,21,22,26). The number of carbonyl (C=O) groups is 2. The third-order valence-electron chi connectivity index (χ3n) is 5.28. The number of guanidine groups is 1. The van der Waals surface area contributed by atoms with Crippen LogP contribution in [0.2, 0.25) is 0 Å². The zero-order valence-corrected chi connectivity index (χ0v) is 15.3. The highest BCUT2D eigenvalue weighted by Crippen LogP contribution is 2.31. The van der Waals surface area contributed by atoms with Crippen molar-refractivity contribution in [3.8, 4) is 0 Å². The number of aryl methyl sites for hydroxylation is 1. The van der Waals surface area contributed by atoms with Crippen LogP contribution in [0.3, 0.4) is 0 Å². The molecule has 0 atom stereocenters. The van der Waals surface area contributed by atoms with Crippen molar-refractivity contribution in [3.05, 3.63) is 35.5 Å². The van der Waals surface area contributed by atoms with Crippen molar-refractivity contribution in [3.63, 3.8) is 0 Å². The number of aromatic nitrogens is 1. The maximum Gasteiger partial charge on any atom is 0.270 e. The Bertz CT molecular complexity index is 919. The molecule has 0 bridgehead atoms. The van der Waals surface area contributed by atoms with Crippen LogP contribution in [0.15, 0.2) is 29.3 Å². The van der Waals surface area contributed by atoms with Crippen LogP contribution in [0.5, 0.6) is 0 Å². The minimum absolute atomic E-state index is 0.0241. The normalized spacial score (nSPS) is 19.0. The van der Waals surface area contributed by atoms with E-state index in [9.17, 15) is 9.59 Å². The number of H-pyrrole nitrogens is 1. The van der Waals surface area contributed by atoms with E-state index in [0.717, 1.165) is 16.5 Å². The highest BCUT2D eigenvalue weighted by Gasteiger charge is 2.47. The Hall–Kier alpha value is -2.83. The Balaban J connectivity index is 1.50. The first-order valence-corrected chi connectivity index (χ1v) is 8.85. The van der Waals surface area contributed by atoms with Gasteiger partial charge in [-0.3, -0.25) is 14.9 Å². The van der Waals surface area contributed by atoms with Gasteiger partial charge in [0.1, 0.15) is 11.2 Å². The molecule has 1 aromatic carbocycles. The number of hydrogen-bond acceptors (Lipinski definition) is 4. The smallest absolute Gasteiger partial charge is 0.270 e. The third kappa shape index (κ3) is 2.64. The number of nitrogens with one attached hydrogen (secondary N) is 2. The average Bonchev–Trinajstić information content (AvgIpc) is 3.17. The number of amides is 2. The van der Waals surface area contributed by atoms with Crippen molar-refractivity contribution in [2.45, 2.75) is 25.3 Å². The molecule has 0 unspecified atom stereocenters. The van der Waals surface area contributed by atoms with Crippen molar-refractivity contribution < 1.29 is 9.59 Å². The molecule has 0 radical (unpaired) electrons. The fourth-order valence-corrected chi connectivity index (χ4v) is 3.67. The van der Waals surface area contributed by atoms with Crippen LogP contribution in [0.25, 0.3) is 10.9 Å². The second-order valence-corrected chi connectivity index (χ2v) is 7.38. The van der Waals surface area contributed by atoms with Crippen LogP contribution in [-0.4, -0.2) is 65.3 Å². The van der Waals surface area contributed by atoms with Gasteiger partial charge < -0.3 is 14.8 Å². The molecule has 2 aromatic rings. The molecule has 2 aliphatic rings. The lowest BCUT2D eigenvalue weighted by Gasteiger charge is -2.35. The van der Waals surface area contributed by atoms with E-state index in [1.54, 1.807) is 9.80 Å². The molecule has 0 saturated carbocycles. The van der Waals surface area contributed by atoms with Gasteiger partial charge in [0, 0.05) is 38.1 Å². The maximum atomic E-state index is 12.9.